The number of nitrogens with zero attached hydrogens (tertiary/aromatic N) is 2. The third-order valence-electron chi connectivity index (χ3n) is 3.89. The summed E-state index contributed by atoms with van der Waals surface area (Å²) in [5, 5.41) is 11.8. The standard InChI is InChI=1S/C19H13F4N3O2/c20-14-2-1-9-24-17(14)16(11-3-5-12(6-4-11)19(21,22)23)26-18(28)15-8-7-13(27)10-25-15/h1-10,16,27H,(H,26,28). The average molecular weight is 391 g/mol. The van der Waals surface area contributed by atoms with Crippen molar-refractivity contribution >= 4 is 5.91 Å². The van der Waals surface area contributed by atoms with Crippen LogP contribution in [0.5, 0.6) is 5.75 Å². The quantitative estimate of drug-likeness (QED) is 0.663. The lowest BCUT2D eigenvalue weighted by atomic mass is 10.0. The van der Waals surface area contributed by atoms with Gasteiger partial charge >= 0.3 is 6.18 Å². The van der Waals surface area contributed by atoms with Crippen molar-refractivity contribution in [1.29, 1.82) is 0 Å². The van der Waals surface area contributed by atoms with Gasteiger partial charge in [0.1, 0.15) is 23.0 Å². The largest absolute Gasteiger partial charge is 0.506 e. The third kappa shape index (κ3) is 4.25. The summed E-state index contributed by atoms with van der Waals surface area (Å²) in [4.78, 5) is 20.1. The lowest BCUT2D eigenvalue weighted by Gasteiger charge is -2.20. The fourth-order valence-corrected chi connectivity index (χ4v) is 2.51. The average Bonchev–Trinajstić information content (AvgIpc) is 2.66. The molecule has 0 aliphatic heterocycles. The van der Waals surface area contributed by atoms with Crippen LogP contribution in [-0.4, -0.2) is 21.0 Å². The van der Waals surface area contributed by atoms with Crippen molar-refractivity contribution in [2.75, 3.05) is 0 Å². The number of alkyl halides is 3. The van der Waals surface area contributed by atoms with Gasteiger partial charge in [-0.3, -0.25) is 9.78 Å². The Labute approximate surface area is 156 Å². The molecule has 1 aromatic carbocycles. The summed E-state index contributed by atoms with van der Waals surface area (Å²) in [5.74, 6) is -1.59. The SMILES string of the molecule is O=C(NC(c1ccc(C(F)(F)F)cc1)c1ncccc1F)c1ccc(O)cn1. The Morgan fingerprint density at radius 1 is 1.04 bits per heavy atom. The minimum absolute atomic E-state index is 0.0638. The Morgan fingerprint density at radius 2 is 1.75 bits per heavy atom. The normalized spacial score (nSPS) is 12.4. The van der Waals surface area contributed by atoms with E-state index in [0.717, 1.165) is 36.5 Å². The van der Waals surface area contributed by atoms with E-state index in [2.05, 4.69) is 15.3 Å². The van der Waals surface area contributed by atoms with Crippen molar-refractivity contribution in [3.8, 4) is 5.75 Å². The van der Waals surface area contributed by atoms with Crippen molar-refractivity contribution in [3.63, 3.8) is 0 Å². The van der Waals surface area contributed by atoms with Crippen LogP contribution in [0.2, 0.25) is 0 Å². The molecule has 0 spiro atoms. The van der Waals surface area contributed by atoms with Crippen LogP contribution in [-0.2, 0) is 6.18 Å². The van der Waals surface area contributed by atoms with E-state index in [1.54, 1.807) is 0 Å². The molecule has 0 saturated carbocycles. The van der Waals surface area contributed by atoms with E-state index in [1.165, 1.54) is 24.4 Å². The summed E-state index contributed by atoms with van der Waals surface area (Å²) in [6, 6.07) is 7.81. The van der Waals surface area contributed by atoms with E-state index in [-0.39, 0.29) is 22.7 Å². The summed E-state index contributed by atoms with van der Waals surface area (Å²) in [7, 11) is 0. The summed E-state index contributed by atoms with van der Waals surface area (Å²) < 4.78 is 52.7. The molecule has 1 amide bonds. The van der Waals surface area contributed by atoms with Gasteiger partial charge in [0.15, 0.2) is 0 Å². The first-order valence-corrected chi connectivity index (χ1v) is 7.99. The summed E-state index contributed by atoms with van der Waals surface area (Å²) in [5.41, 5.74) is -0.888. The molecule has 5 nitrogen and oxygen atoms in total. The van der Waals surface area contributed by atoms with Gasteiger partial charge in [-0.25, -0.2) is 9.37 Å². The number of rotatable bonds is 4. The molecule has 2 N–H and O–H groups in total. The van der Waals surface area contributed by atoms with Gasteiger partial charge in [-0.2, -0.15) is 13.2 Å². The molecule has 3 rings (SSSR count). The number of carbonyl (C=O) groups is 1. The number of benzene rings is 1. The van der Waals surface area contributed by atoms with Gasteiger partial charge in [0.05, 0.1) is 17.8 Å². The molecular weight excluding hydrogens is 378 g/mol. The maximum atomic E-state index is 14.3. The van der Waals surface area contributed by atoms with Crippen LogP contribution in [0.25, 0.3) is 0 Å². The topological polar surface area (TPSA) is 75.1 Å². The van der Waals surface area contributed by atoms with E-state index in [4.69, 9.17) is 0 Å². The summed E-state index contributed by atoms with van der Waals surface area (Å²) in [6.07, 6.45) is -2.16. The Kier molecular flexibility index (Phi) is 5.25. The lowest BCUT2D eigenvalue weighted by Crippen LogP contribution is -2.31. The van der Waals surface area contributed by atoms with Crippen LogP contribution in [0.4, 0.5) is 17.6 Å². The molecule has 0 radical (unpaired) electrons. The fourth-order valence-electron chi connectivity index (χ4n) is 2.51. The van der Waals surface area contributed by atoms with Gasteiger partial charge in [-0.05, 0) is 42.0 Å². The number of hydrogen-bond acceptors (Lipinski definition) is 4. The smallest absolute Gasteiger partial charge is 0.416 e. The highest BCUT2D eigenvalue weighted by Gasteiger charge is 2.31. The zero-order chi connectivity index (χ0) is 20.3. The second-order valence-electron chi connectivity index (χ2n) is 5.80. The second kappa shape index (κ2) is 7.63. The van der Waals surface area contributed by atoms with Gasteiger partial charge in [-0.15, -0.1) is 0 Å². The van der Waals surface area contributed by atoms with E-state index in [1.807, 2.05) is 0 Å². The van der Waals surface area contributed by atoms with Gasteiger partial charge < -0.3 is 10.4 Å². The fraction of sp³-hybridized carbons (Fsp3) is 0.105. The molecule has 0 fully saturated rings. The Bertz CT molecular complexity index is 974. The number of carbonyl (C=O) groups excluding carboxylic acids is 1. The molecule has 9 heteroatoms. The van der Waals surface area contributed by atoms with Crippen LogP contribution in [0.1, 0.15) is 33.4 Å². The van der Waals surface area contributed by atoms with Crippen LogP contribution >= 0.6 is 0 Å². The maximum absolute atomic E-state index is 14.3. The van der Waals surface area contributed by atoms with Crippen molar-refractivity contribution < 1.29 is 27.5 Å². The Morgan fingerprint density at radius 3 is 2.32 bits per heavy atom. The summed E-state index contributed by atoms with van der Waals surface area (Å²) in [6.45, 7) is 0. The number of amides is 1. The van der Waals surface area contributed by atoms with Crippen LogP contribution in [0.3, 0.4) is 0 Å². The zero-order valence-corrected chi connectivity index (χ0v) is 14.1. The van der Waals surface area contributed by atoms with E-state index in [0.29, 0.717) is 0 Å². The first-order valence-electron chi connectivity index (χ1n) is 7.99. The molecule has 2 aromatic heterocycles. The Hall–Kier alpha value is -3.49. The molecule has 2 heterocycles. The Balaban J connectivity index is 1.97. The van der Waals surface area contributed by atoms with E-state index in [9.17, 15) is 27.5 Å². The molecule has 0 saturated heterocycles. The first-order chi connectivity index (χ1) is 13.3. The molecule has 0 bridgehead atoms. The minimum atomic E-state index is -4.52. The van der Waals surface area contributed by atoms with Crippen LogP contribution in [0.15, 0.2) is 60.9 Å². The number of hydrogen-bond donors (Lipinski definition) is 2. The van der Waals surface area contributed by atoms with Gasteiger partial charge in [-0.1, -0.05) is 12.1 Å². The number of pyridine rings is 2. The van der Waals surface area contributed by atoms with Crippen molar-refractivity contribution in [2.24, 2.45) is 0 Å². The predicted molar refractivity (Wildman–Crippen MR) is 90.9 cm³/mol. The highest BCUT2D eigenvalue weighted by Crippen LogP contribution is 2.31. The monoisotopic (exact) mass is 391 g/mol. The van der Waals surface area contributed by atoms with Crippen LogP contribution < -0.4 is 5.32 Å². The van der Waals surface area contributed by atoms with Crippen molar-refractivity contribution in [3.05, 3.63) is 89.3 Å². The molecular formula is C19H13F4N3O2. The molecule has 1 atom stereocenters. The highest BCUT2D eigenvalue weighted by molar-refractivity contribution is 5.92. The van der Waals surface area contributed by atoms with Crippen LogP contribution in [0, 0.1) is 5.82 Å². The number of halogens is 4. The van der Waals surface area contributed by atoms with Crippen molar-refractivity contribution in [2.45, 2.75) is 12.2 Å². The maximum Gasteiger partial charge on any atom is 0.416 e. The van der Waals surface area contributed by atoms with Gasteiger partial charge in [0.2, 0.25) is 0 Å². The second-order valence-corrected chi connectivity index (χ2v) is 5.80. The minimum Gasteiger partial charge on any atom is -0.506 e. The zero-order valence-electron chi connectivity index (χ0n) is 14.1. The van der Waals surface area contributed by atoms with Crippen molar-refractivity contribution in [1.82, 2.24) is 15.3 Å². The number of aromatic hydroxyl groups is 1. The molecule has 0 aliphatic carbocycles. The highest BCUT2D eigenvalue weighted by atomic mass is 19.4. The number of aromatic nitrogens is 2. The molecule has 28 heavy (non-hydrogen) atoms. The van der Waals surface area contributed by atoms with E-state index >= 15 is 0 Å². The molecule has 1 unspecified atom stereocenters. The third-order valence-corrected chi connectivity index (χ3v) is 3.89. The van der Waals surface area contributed by atoms with Gasteiger partial charge in [0.25, 0.3) is 5.91 Å². The van der Waals surface area contributed by atoms with E-state index < -0.39 is 29.5 Å². The molecule has 144 valence electrons. The lowest BCUT2D eigenvalue weighted by molar-refractivity contribution is -0.137. The molecule has 0 aliphatic rings. The summed E-state index contributed by atoms with van der Waals surface area (Å²) >= 11 is 0. The molecule has 3 aromatic rings. The van der Waals surface area contributed by atoms with Gasteiger partial charge in [0, 0.05) is 6.20 Å². The predicted octanol–water partition coefficient (Wildman–Crippen LogP) is 3.86. The number of nitrogens with one attached hydrogen (secondary N) is 1. The first kappa shape index (κ1) is 19.3.